The number of fused-ring (bicyclic) bond motifs is 6. The molecule has 0 radical (unpaired) electrons. The number of non-ortho nitro benzene ring substituents is 3. The van der Waals surface area contributed by atoms with Crippen molar-refractivity contribution in [2.45, 2.75) is 20.8 Å². The Morgan fingerprint density at radius 2 is 0.696 bits per heavy atom. The molecule has 0 saturated heterocycles. The largest absolute Gasteiger partial charge is 0.451 e. The third kappa shape index (κ3) is 24.9. The Kier molecular flexibility index (Phi) is 30.8. The lowest BCUT2D eigenvalue weighted by molar-refractivity contribution is -0.384. The molecule has 33 nitrogen and oxygen atoms in total. The molecule has 0 spiro atoms. The second kappa shape index (κ2) is 43.9. The fraction of sp³-hybridized carbons (Fsp3) is 0.0294. The number of nitro benzene ring substituents is 3. The van der Waals surface area contributed by atoms with Gasteiger partial charge in [0.25, 0.3) is 64.3 Å². The number of furan rings is 1. The molecule has 0 fully saturated rings. The molecule has 686 valence electrons. The lowest BCUT2D eigenvalue weighted by Crippen LogP contribution is -2.17. The van der Waals surface area contributed by atoms with Gasteiger partial charge in [0.05, 0.1) is 79.8 Å². The van der Waals surface area contributed by atoms with Crippen LogP contribution in [0.25, 0.3) is 68.7 Å². The number of benzene rings is 12. The summed E-state index contributed by atoms with van der Waals surface area (Å²) in [5.41, 5.74) is 31.9. The molecule has 0 aliphatic carbocycles. The summed E-state index contributed by atoms with van der Waals surface area (Å²) in [5.74, 6) is -3.36. The number of para-hydroxylation sites is 5. The number of carbonyl (C=O) groups excluding carboxylic acids is 11. The number of Topliss-reactive ketones (excluding diaryl/α,β-unsaturated/α-hetero) is 3. The number of carbonyl (C=O) groups is 11. The fourth-order valence-corrected chi connectivity index (χ4v) is 16.2. The smallest absolute Gasteiger partial charge is 0.291 e. The highest BCUT2D eigenvalue weighted by atomic mass is 32.1. The number of amides is 8. The molecular weight excluding hydrogens is 1820 g/mol. The lowest BCUT2D eigenvalue weighted by atomic mass is 10.1. The number of primary amides is 2. The molecule has 18 rings (SSSR count). The van der Waals surface area contributed by atoms with Gasteiger partial charge in [-0.25, -0.2) is 0 Å². The summed E-state index contributed by atoms with van der Waals surface area (Å²) in [6.07, 6.45) is 3.12. The lowest BCUT2D eigenvalue weighted by Gasteiger charge is -2.10. The minimum Gasteiger partial charge on any atom is -0.451 e. The van der Waals surface area contributed by atoms with Crippen LogP contribution in [0.3, 0.4) is 0 Å². The van der Waals surface area contributed by atoms with Crippen molar-refractivity contribution in [2.75, 3.05) is 37.6 Å². The summed E-state index contributed by atoms with van der Waals surface area (Å²) in [6.45, 7) is 8.13. The average Bonchev–Trinajstić information content (AvgIpc) is 1.70. The van der Waals surface area contributed by atoms with Gasteiger partial charge in [0.2, 0.25) is 0 Å². The zero-order chi connectivity index (χ0) is 98.5. The molecule has 36 heteroatoms. The third-order valence-electron chi connectivity index (χ3n) is 20.3. The number of nitro groups is 3. The number of rotatable bonds is 21. The Morgan fingerprint density at radius 3 is 1.14 bits per heavy atom. The van der Waals surface area contributed by atoms with Crippen molar-refractivity contribution in [3.63, 3.8) is 0 Å². The van der Waals surface area contributed by atoms with Crippen molar-refractivity contribution in [3.05, 3.63) is 418 Å². The number of pyridine rings is 2. The van der Waals surface area contributed by atoms with E-state index in [9.17, 15) is 83.1 Å². The van der Waals surface area contributed by atoms with Crippen molar-refractivity contribution in [1.82, 2.24) is 9.97 Å². The van der Waals surface area contributed by atoms with Crippen LogP contribution in [0.4, 0.5) is 56.9 Å². The zero-order valence-electron chi connectivity index (χ0n) is 72.8. The van der Waals surface area contributed by atoms with Gasteiger partial charge in [0.15, 0.2) is 23.1 Å². The van der Waals surface area contributed by atoms with E-state index >= 15 is 0 Å². The Labute approximate surface area is 794 Å². The van der Waals surface area contributed by atoms with Gasteiger partial charge in [-0.3, -0.25) is 93.1 Å². The summed E-state index contributed by atoms with van der Waals surface area (Å²) in [4.78, 5) is 172. The minimum atomic E-state index is -0.641. The second-order valence-corrected chi connectivity index (χ2v) is 33.3. The van der Waals surface area contributed by atoms with Crippen LogP contribution >= 0.6 is 34.0 Å². The van der Waals surface area contributed by atoms with E-state index in [0.29, 0.717) is 115 Å². The first-order chi connectivity index (χ1) is 66.1. The van der Waals surface area contributed by atoms with E-state index in [2.05, 4.69) is 48.4 Å². The molecule has 138 heavy (non-hydrogen) atoms. The number of thiophene rings is 3. The van der Waals surface area contributed by atoms with E-state index < -0.39 is 38.4 Å². The molecule has 6 aromatic heterocycles. The molecule has 0 aliphatic heterocycles. The summed E-state index contributed by atoms with van der Waals surface area (Å²) in [5, 5.41) is 53.3. The number of aromatic nitrogens is 2. The van der Waals surface area contributed by atoms with Gasteiger partial charge in [0, 0.05) is 141 Å². The summed E-state index contributed by atoms with van der Waals surface area (Å²) >= 11 is 3.84. The SMILES string of the molecule is C=C(N)c1ccccc1NC(=O)c1cnc2ccccc2c1.CC(=O)c1ccc(NC(=O)c2cc3cc([N+](=O)[O-])ccc3s2)cc1.CC(=O)c1cccc(NC(=O)c2cc3cc([N+](=O)[O-])ccc3o2)c1.CC(=O)c1cccc(NC(=O)c2cnc3ccccc3c2)c1.NC(=O)c1ccccc1NC(=O)c1cc2cc(N)ccc2s1.NC(=O)c1ccccc1NC(=O)c1cc2cc([N+](=O)[O-])ccc2s1. The number of hydrogen-bond donors (Lipinski definition) is 10. The molecule has 18 aromatic rings. The van der Waals surface area contributed by atoms with E-state index in [-0.39, 0.29) is 74.9 Å². The maximum absolute atomic E-state index is 12.4. The summed E-state index contributed by atoms with van der Waals surface area (Å²) in [6, 6.07) is 84.2. The highest BCUT2D eigenvalue weighted by Crippen LogP contribution is 2.35. The van der Waals surface area contributed by atoms with Gasteiger partial charge in [-0.1, -0.05) is 110 Å². The molecule has 0 atom stereocenters. The van der Waals surface area contributed by atoms with Crippen molar-refractivity contribution in [2.24, 2.45) is 17.2 Å². The topological polar surface area (TPSA) is 532 Å². The van der Waals surface area contributed by atoms with E-state index in [1.807, 2.05) is 84.9 Å². The Morgan fingerprint density at radius 1 is 0.326 bits per heavy atom. The predicted molar refractivity (Wildman–Crippen MR) is 536 cm³/mol. The average molecular weight is 1900 g/mol. The molecule has 0 unspecified atom stereocenters. The molecule has 0 bridgehead atoms. The fourth-order valence-electron chi connectivity index (χ4n) is 13.4. The van der Waals surface area contributed by atoms with Crippen LogP contribution in [0.15, 0.2) is 327 Å². The zero-order valence-corrected chi connectivity index (χ0v) is 75.3. The van der Waals surface area contributed by atoms with Crippen molar-refractivity contribution >= 4 is 224 Å². The van der Waals surface area contributed by atoms with Crippen LogP contribution in [0.2, 0.25) is 0 Å². The number of nitrogens with zero attached hydrogens (tertiary/aromatic N) is 5. The number of anilines is 7. The van der Waals surface area contributed by atoms with Crippen molar-refractivity contribution in [3.8, 4) is 0 Å². The first-order valence-electron chi connectivity index (χ1n) is 41.2. The van der Waals surface area contributed by atoms with Crippen LogP contribution in [0.5, 0.6) is 0 Å². The molecule has 0 saturated carbocycles. The monoisotopic (exact) mass is 1900 g/mol. The first-order valence-corrected chi connectivity index (χ1v) is 43.7. The number of nitrogens with two attached hydrogens (primary N) is 4. The number of nitrogen functional groups attached to an aromatic ring is 1. The summed E-state index contributed by atoms with van der Waals surface area (Å²) in [7, 11) is 0. The van der Waals surface area contributed by atoms with Gasteiger partial charge >= 0.3 is 0 Å². The van der Waals surface area contributed by atoms with Gasteiger partial charge < -0.3 is 59.3 Å². The van der Waals surface area contributed by atoms with Gasteiger partial charge in [0.1, 0.15) is 5.58 Å². The van der Waals surface area contributed by atoms with Crippen LogP contribution in [-0.4, -0.2) is 89.3 Å². The Balaban J connectivity index is 0.000000140. The molecule has 6 heterocycles. The standard InChI is InChI=1S/C18H15N3O.C18H14N2O2.C17H12N2O5.C17H12N2O4S.C16H11N3O4S.C16H13N3O2S/c1-12(19)15-7-3-5-9-17(15)21-18(22)14-10-13-6-2-4-8-16(13)20-11-14;1-12(21)13-6-4-7-16(10-13)20-18(22)15-9-14-5-2-3-8-17(14)19-11-15;1-10(20)11-3-2-4-13(7-11)18-17(21)16-9-12-8-14(19(22)23)5-6-15(12)24-16;1-10(20)11-2-4-13(5-3-11)18-17(21)16-9-12-8-14(19(22)23)6-7-15(12)24-16;17-15(20)11-3-1-2-4-12(11)18-16(21)14-8-9-7-10(19(22)23)5-6-13(9)24-14;17-10-5-6-13-9(7-10)8-14(22-13)16(21)19-12-4-2-1-3-11(12)15(18)20/h2-11H,1,19H2,(H,21,22);2-11H,1H3,(H,20,22);2*2-9H,1H3,(H,18,21);1-8H,(H2,17,20)(H,18,21);1-8H,17H2,(H2,18,20)(H,19,21). The van der Waals surface area contributed by atoms with E-state index in [1.54, 1.807) is 176 Å². The minimum absolute atomic E-state index is 0.00733. The first kappa shape index (κ1) is 96.7. The van der Waals surface area contributed by atoms with Crippen LogP contribution in [0.1, 0.15) is 138 Å². The van der Waals surface area contributed by atoms with Crippen LogP contribution in [0, 0.1) is 30.3 Å². The van der Waals surface area contributed by atoms with Crippen LogP contribution < -0.4 is 54.8 Å². The van der Waals surface area contributed by atoms with Crippen LogP contribution in [-0.2, 0) is 0 Å². The van der Waals surface area contributed by atoms with Gasteiger partial charge in [-0.2, -0.15) is 0 Å². The molecule has 0 aliphatic rings. The highest BCUT2D eigenvalue weighted by molar-refractivity contribution is 7.21. The molecule has 8 amide bonds. The van der Waals surface area contributed by atoms with Crippen molar-refractivity contribution < 1.29 is 71.9 Å². The molecule has 14 N–H and O–H groups in total. The third-order valence-corrected chi connectivity index (χ3v) is 23.6. The molecule has 12 aromatic carbocycles. The van der Waals surface area contributed by atoms with Crippen molar-refractivity contribution in [1.29, 1.82) is 0 Å². The number of ketones is 3. The maximum Gasteiger partial charge on any atom is 0.291 e. The maximum atomic E-state index is 12.4. The van der Waals surface area contributed by atoms with E-state index in [1.165, 1.54) is 109 Å². The summed E-state index contributed by atoms with van der Waals surface area (Å²) < 4.78 is 7.95. The number of hydrogen-bond acceptors (Lipinski definition) is 25. The van der Waals surface area contributed by atoms with Gasteiger partial charge in [-0.15, -0.1) is 34.0 Å². The number of nitrogens with one attached hydrogen (secondary N) is 6. The Bertz CT molecular complexity index is 7930. The second-order valence-electron chi connectivity index (χ2n) is 30.0. The normalized spacial score (nSPS) is 10.5. The quantitative estimate of drug-likeness (QED) is 0.0138. The van der Waals surface area contributed by atoms with Gasteiger partial charge in [-0.05, 0) is 190 Å². The highest BCUT2D eigenvalue weighted by Gasteiger charge is 2.22. The Hall–Kier alpha value is -18.8. The van der Waals surface area contributed by atoms with E-state index in [4.69, 9.17) is 27.4 Å². The predicted octanol–water partition coefficient (Wildman–Crippen LogP) is 21.2. The molecular formula is C102H77N15O18S3. The van der Waals surface area contributed by atoms with E-state index in [0.717, 1.165) is 41.3 Å².